The number of hydrogen-bond donors (Lipinski definition) is 1. The maximum Gasteiger partial charge on any atom is 0.151 e. The standard InChI is InChI=1S/C5H7NO/c1-4(3-7)5(2)6/h3,6H,1H2,2H3. The highest BCUT2D eigenvalue weighted by molar-refractivity contribution is 6.11. The fourth-order valence-electron chi connectivity index (χ4n) is 0.0884. The minimum absolute atomic E-state index is 0.231. The summed E-state index contributed by atoms with van der Waals surface area (Å²) >= 11 is 0. The van der Waals surface area contributed by atoms with E-state index in [-0.39, 0.29) is 11.3 Å². The van der Waals surface area contributed by atoms with Crippen LogP contribution in [0.15, 0.2) is 12.2 Å². The molecular weight excluding hydrogens is 90.1 g/mol. The quantitative estimate of drug-likeness (QED) is 0.309. The largest absolute Gasteiger partial charge is 0.305 e. The number of nitrogens with one attached hydrogen (secondary N) is 1. The molecule has 7 heavy (non-hydrogen) atoms. The van der Waals surface area contributed by atoms with Crippen LogP contribution in [-0.4, -0.2) is 12.0 Å². The summed E-state index contributed by atoms with van der Waals surface area (Å²) in [6.07, 6.45) is 0.572. The van der Waals surface area contributed by atoms with E-state index in [1.165, 1.54) is 6.92 Å². The summed E-state index contributed by atoms with van der Waals surface area (Å²) in [4.78, 5) is 9.71. The molecule has 0 saturated heterocycles. The Morgan fingerprint density at radius 1 is 1.86 bits per heavy atom. The summed E-state index contributed by atoms with van der Waals surface area (Å²) in [7, 11) is 0. The zero-order valence-corrected chi connectivity index (χ0v) is 4.19. The molecular formula is C5H7NO. The topological polar surface area (TPSA) is 40.9 Å². The number of carbonyl (C=O) groups is 1. The second-order valence-electron chi connectivity index (χ2n) is 1.27. The zero-order chi connectivity index (χ0) is 5.86. The number of hydrogen-bond acceptors (Lipinski definition) is 2. The average molecular weight is 97.1 g/mol. The fourth-order valence-corrected chi connectivity index (χ4v) is 0.0884. The van der Waals surface area contributed by atoms with Crippen molar-refractivity contribution >= 4 is 12.0 Å². The Balaban J connectivity index is 3.81. The highest BCUT2D eigenvalue weighted by Gasteiger charge is 1.88. The summed E-state index contributed by atoms with van der Waals surface area (Å²) in [5.74, 6) is 0. The zero-order valence-electron chi connectivity index (χ0n) is 4.19. The third-order valence-corrected chi connectivity index (χ3v) is 0.624. The van der Waals surface area contributed by atoms with E-state index in [0.717, 1.165) is 0 Å². The molecule has 1 N–H and O–H groups in total. The molecule has 0 aromatic carbocycles. The van der Waals surface area contributed by atoms with Crippen molar-refractivity contribution < 1.29 is 4.79 Å². The normalized spacial score (nSPS) is 7.57. The number of allylic oxidation sites excluding steroid dienone is 1. The van der Waals surface area contributed by atoms with Crippen LogP contribution in [0.5, 0.6) is 0 Å². The molecule has 0 aliphatic heterocycles. The summed E-state index contributed by atoms with van der Waals surface area (Å²) < 4.78 is 0. The molecule has 0 aromatic heterocycles. The highest BCUT2D eigenvalue weighted by atomic mass is 16.1. The number of rotatable bonds is 2. The van der Waals surface area contributed by atoms with Crippen LogP contribution in [0.3, 0.4) is 0 Å². The Labute approximate surface area is 42.4 Å². The lowest BCUT2D eigenvalue weighted by atomic mass is 10.2. The van der Waals surface area contributed by atoms with Gasteiger partial charge >= 0.3 is 0 Å². The first-order chi connectivity index (χ1) is 3.18. The molecule has 0 heterocycles. The Morgan fingerprint density at radius 2 is 2.29 bits per heavy atom. The van der Waals surface area contributed by atoms with Crippen molar-refractivity contribution in [3.05, 3.63) is 12.2 Å². The monoisotopic (exact) mass is 97.1 g/mol. The van der Waals surface area contributed by atoms with Crippen LogP contribution in [0.25, 0.3) is 0 Å². The first-order valence-electron chi connectivity index (χ1n) is 1.88. The summed E-state index contributed by atoms with van der Waals surface area (Å²) in [6.45, 7) is 4.80. The Bertz CT molecular complexity index is 115. The third-order valence-electron chi connectivity index (χ3n) is 0.624. The van der Waals surface area contributed by atoms with Gasteiger partial charge in [-0.05, 0) is 6.92 Å². The van der Waals surface area contributed by atoms with E-state index in [1.807, 2.05) is 0 Å². The second kappa shape index (κ2) is 2.29. The Kier molecular flexibility index (Phi) is 1.99. The van der Waals surface area contributed by atoms with Crippen LogP contribution in [0.1, 0.15) is 6.92 Å². The Morgan fingerprint density at radius 3 is 2.29 bits per heavy atom. The molecule has 2 heteroatoms. The molecule has 0 spiro atoms. The average Bonchev–Trinajstić information content (AvgIpc) is 1.65. The van der Waals surface area contributed by atoms with E-state index in [2.05, 4.69) is 6.58 Å². The molecule has 0 aliphatic rings. The fraction of sp³-hybridized carbons (Fsp3) is 0.200. The van der Waals surface area contributed by atoms with Crippen LogP contribution < -0.4 is 0 Å². The lowest BCUT2D eigenvalue weighted by Crippen LogP contribution is -1.92. The van der Waals surface area contributed by atoms with Gasteiger partial charge in [-0.15, -0.1) is 0 Å². The molecule has 0 bridgehead atoms. The predicted molar refractivity (Wildman–Crippen MR) is 28.6 cm³/mol. The molecule has 0 aliphatic carbocycles. The van der Waals surface area contributed by atoms with Gasteiger partial charge in [-0.2, -0.15) is 0 Å². The van der Waals surface area contributed by atoms with Crippen molar-refractivity contribution in [2.45, 2.75) is 6.92 Å². The maximum atomic E-state index is 9.71. The molecule has 2 nitrogen and oxygen atoms in total. The van der Waals surface area contributed by atoms with E-state index in [0.29, 0.717) is 6.29 Å². The van der Waals surface area contributed by atoms with Gasteiger partial charge in [0.05, 0.1) is 0 Å². The van der Waals surface area contributed by atoms with Crippen LogP contribution in [0.4, 0.5) is 0 Å². The van der Waals surface area contributed by atoms with E-state index >= 15 is 0 Å². The Hall–Kier alpha value is -0.920. The van der Waals surface area contributed by atoms with Crippen molar-refractivity contribution in [2.24, 2.45) is 0 Å². The first-order valence-corrected chi connectivity index (χ1v) is 1.88. The van der Waals surface area contributed by atoms with Crippen LogP contribution in [0, 0.1) is 5.41 Å². The van der Waals surface area contributed by atoms with Crippen LogP contribution >= 0.6 is 0 Å². The summed E-state index contributed by atoms with van der Waals surface area (Å²) in [5.41, 5.74) is 0.481. The van der Waals surface area contributed by atoms with Crippen molar-refractivity contribution in [3.63, 3.8) is 0 Å². The second-order valence-corrected chi connectivity index (χ2v) is 1.27. The molecule has 0 unspecified atom stereocenters. The van der Waals surface area contributed by atoms with E-state index in [9.17, 15) is 4.79 Å². The van der Waals surface area contributed by atoms with Crippen molar-refractivity contribution in [1.82, 2.24) is 0 Å². The minimum atomic E-state index is 0.231. The van der Waals surface area contributed by atoms with E-state index < -0.39 is 0 Å². The van der Waals surface area contributed by atoms with Gasteiger partial charge in [0.1, 0.15) is 0 Å². The molecule has 0 rings (SSSR count). The van der Waals surface area contributed by atoms with Gasteiger partial charge in [-0.1, -0.05) is 6.58 Å². The van der Waals surface area contributed by atoms with E-state index in [1.54, 1.807) is 0 Å². The van der Waals surface area contributed by atoms with Gasteiger partial charge in [0.25, 0.3) is 0 Å². The van der Waals surface area contributed by atoms with Gasteiger partial charge in [-0.25, -0.2) is 0 Å². The molecule has 0 radical (unpaired) electrons. The van der Waals surface area contributed by atoms with E-state index in [4.69, 9.17) is 5.41 Å². The molecule has 0 atom stereocenters. The van der Waals surface area contributed by atoms with Crippen LogP contribution in [0.2, 0.25) is 0 Å². The first kappa shape index (κ1) is 6.08. The highest BCUT2D eigenvalue weighted by Crippen LogP contribution is 1.82. The lowest BCUT2D eigenvalue weighted by molar-refractivity contribution is -0.104. The van der Waals surface area contributed by atoms with Crippen LogP contribution in [-0.2, 0) is 4.79 Å². The number of carbonyl (C=O) groups excluding carboxylic acids is 1. The molecule has 0 amide bonds. The van der Waals surface area contributed by atoms with Gasteiger partial charge in [-0.3, -0.25) is 4.79 Å². The maximum absolute atomic E-state index is 9.71. The summed E-state index contributed by atoms with van der Waals surface area (Å²) in [5, 5.41) is 6.77. The number of aldehydes is 1. The molecule has 0 fully saturated rings. The minimum Gasteiger partial charge on any atom is -0.305 e. The SMILES string of the molecule is C=C(C=O)C(C)=N. The van der Waals surface area contributed by atoms with Gasteiger partial charge < -0.3 is 5.41 Å². The lowest BCUT2D eigenvalue weighted by Gasteiger charge is -1.84. The predicted octanol–water partition coefficient (Wildman–Crippen LogP) is 0.781. The van der Waals surface area contributed by atoms with Gasteiger partial charge in [0.2, 0.25) is 0 Å². The third kappa shape index (κ3) is 1.87. The van der Waals surface area contributed by atoms with Gasteiger partial charge in [0, 0.05) is 11.3 Å². The molecule has 38 valence electrons. The summed E-state index contributed by atoms with van der Waals surface area (Å²) in [6, 6.07) is 0. The van der Waals surface area contributed by atoms with Crippen molar-refractivity contribution in [1.29, 1.82) is 5.41 Å². The smallest absolute Gasteiger partial charge is 0.151 e. The molecule has 0 aromatic rings. The molecule has 0 saturated carbocycles. The van der Waals surface area contributed by atoms with Crippen molar-refractivity contribution in [3.8, 4) is 0 Å². The van der Waals surface area contributed by atoms with Gasteiger partial charge in [0.15, 0.2) is 6.29 Å². The van der Waals surface area contributed by atoms with Crippen molar-refractivity contribution in [2.75, 3.05) is 0 Å².